The van der Waals surface area contributed by atoms with Gasteiger partial charge in [-0.1, -0.05) is 12.1 Å². The second-order valence-electron chi connectivity index (χ2n) is 3.75. The normalized spacial score (nSPS) is 10.1. The van der Waals surface area contributed by atoms with E-state index in [1.807, 2.05) is 24.3 Å². The molecule has 2 rings (SSSR count). The SMILES string of the molecule is NC(=O)c1cccc(NCc2cccc(Br)n2)c1. The van der Waals surface area contributed by atoms with Crippen LogP contribution in [0.3, 0.4) is 0 Å². The highest BCUT2D eigenvalue weighted by Crippen LogP contribution is 2.12. The topological polar surface area (TPSA) is 68.0 Å². The first-order valence-electron chi connectivity index (χ1n) is 5.40. The fourth-order valence-corrected chi connectivity index (χ4v) is 1.90. The fourth-order valence-electron chi connectivity index (χ4n) is 1.52. The van der Waals surface area contributed by atoms with Gasteiger partial charge in [-0.25, -0.2) is 4.98 Å². The van der Waals surface area contributed by atoms with Crippen molar-refractivity contribution < 1.29 is 4.79 Å². The summed E-state index contributed by atoms with van der Waals surface area (Å²) >= 11 is 3.32. The Balaban J connectivity index is 2.06. The molecule has 0 atom stereocenters. The first kappa shape index (κ1) is 12.6. The quantitative estimate of drug-likeness (QED) is 0.853. The summed E-state index contributed by atoms with van der Waals surface area (Å²) < 4.78 is 0.799. The zero-order valence-electron chi connectivity index (χ0n) is 9.56. The average molecular weight is 306 g/mol. The second kappa shape index (κ2) is 5.64. The third kappa shape index (κ3) is 3.30. The number of hydrogen-bond acceptors (Lipinski definition) is 3. The predicted molar refractivity (Wildman–Crippen MR) is 74.2 cm³/mol. The molecule has 1 heterocycles. The molecule has 0 radical (unpaired) electrons. The maximum absolute atomic E-state index is 11.0. The summed E-state index contributed by atoms with van der Waals surface area (Å²) in [6.45, 7) is 0.585. The molecule has 0 fully saturated rings. The molecule has 1 aromatic carbocycles. The summed E-state index contributed by atoms with van der Waals surface area (Å²) in [5.41, 5.74) is 7.46. The van der Waals surface area contributed by atoms with Crippen LogP contribution in [0.1, 0.15) is 16.1 Å². The first-order chi connectivity index (χ1) is 8.65. The van der Waals surface area contributed by atoms with Crippen molar-refractivity contribution in [1.29, 1.82) is 0 Å². The number of amides is 1. The number of halogens is 1. The lowest BCUT2D eigenvalue weighted by Gasteiger charge is -2.07. The Morgan fingerprint density at radius 1 is 1.28 bits per heavy atom. The van der Waals surface area contributed by atoms with E-state index in [1.54, 1.807) is 18.2 Å². The molecule has 0 aliphatic carbocycles. The summed E-state index contributed by atoms with van der Waals surface area (Å²) in [5.74, 6) is -0.431. The average Bonchev–Trinajstić information content (AvgIpc) is 2.37. The molecule has 3 N–H and O–H groups in total. The van der Waals surface area contributed by atoms with E-state index in [4.69, 9.17) is 5.73 Å². The van der Waals surface area contributed by atoms with Gasteiger partial charge in [0.1, 0.15) is 4.60 Å². The van der Waals surface area contributed by atoms with Crippen LogP contribution >= 0.6 is 15.9 Å². The minimum atomic E-state index is -0.431. The number of nitrogens with two attached hydrogens (primary N) is 1. The van der Waals surface area contributed by atoms with Crippen LogP contribution in [-0.2, 0) is 6.54 Å². The Morgan fingerprint density at radius 3 is 2.78 bits per heavy atom. The van der Waals surface area contributed by atoms with Crippen molar-refractivity contribution in [1.82, 2.24) is 4.98 Å². The van der Waals surface area contributed by atoms with Gasteiger partial charge < -0.3 is 11.1 Å². The van der Waals surface area contributed by atoms with E-state index in [1.165, 1.54) is 0 Å². The van der Waals surface area contributed by atoms with Crippen molar-refractivity contribution in [2.24, 2.45) is 5.73 Å². The molecule has 1 amide bonds. The molecular formula is C13H12BrN3O. The van der Waals surface area contributed by atoms with E-state index >= 15 is 0 Å². The van der Waals surface area contributed by atoms with Crippen LogP contribution in [0.5, 0.6) is 0 Å². The maximum Gasteiger partial charge on any atom is 0.248 e. The number of hydrogen-bond donors (Lipinski definition) is 2. The van der Waals surface area contributed by atoms with Gasteiger partial charge in [-0.2, -0.15) is 0 Å². The molecule has 0 saturated heterocycles. The molecule has 0 unspecified atom stereocenters. The number of carbonyl (C=O) groups excluding carboxylic acids is 1. The number of anilines is 1. The van der Waals surface area contributed by atoms with Gasteiger partial charge in [0.15, 0.2) is 0 Å². The lowest BCUT2D eigenvalue weighted by atomic mass is 10.2. The number of primary amides is 1. The van der Waals surface area contributed by atoms with Crippen LogP contribution in [0.4, 0.5) is 5.69 Å². The van der Waals surface area contributed by atoms with E-state index in [9.17, 15) is 4.79 Å². The molecule has 0 bridgehead atoms. The van der Waals surface area contributed by atoms with Crippen LogP contribution in [-0.4, -0.2) is 10.9 Å². The molecule has 0 aliphatic rings. The Labute approximate surface area is 113 Å². The van der Waals surface area contributed by atoms with Gasteiger partial charge >= 0.3 is 0 Å². The van der Waals surface area contributed by atoms with Crippen molar-refractivity contribution in [3.63, 3.8) is 0 Å². The monoisotopic (exact) mass is 305 g/mol. The minimum absolute atomic E-state index is 0.431. The third-order valence-electron chi connectivity index (χ3n) is 2.39. The van der Waals surface area contributed by atoms with Crippen molar-refractivity contribution in [3.8, 4) is 0 Å². The summed E-state index contributed by atoms with van der Waals surface area (Å²) in [7, 11) is 0. The number of aromatic nitrogens is 1. The smallest absolute Gasteiger partial charge is 0.248 e. The molecular weight excluding hydrogens is 294 g/mol. The Hall–Kier alpha value is -1.88. The number of pyridine rings is 1. The first-order valence-corrected chi connectivity index (χ1v) is 6.19. The van der Waals surface area contributed by atoms with Gasteiger partial charge in [0.2, 0.25) is 5.91 Å². The van der Waals surface area contributed by atoms with E-state index in [0.29, 0.717) is 12.1 Å². The van der Waals surface area contributed by atoms with Gasteiger partial charge in [0, 0.05) is 11.3 Å². The van der Waals surface area contributed by atoms with E-state index < -0.39 is 5.91 Å². The standard InChI is InChI=1S/C13H12BrN3O/c14-12-6-2-5-11(17-12)8-16-10-4-1-3-9(7-10)13(15)18/h1-7,16H,8H2,(H2,15,18). The van der Waals surface area contributed by atoms with Gasteiger partial charge in [-0.15, -0.1) is 0 Å². The molecule has 0 saturated carbocycles. The zero-order valence-corrected chi connectivity index (χ0v) is 11.1. The van der Waals surface area contributed by atoms with Crippen LogP contribution in [0, 0.1) is 0 Å². The van der Waals surface area contributed by atoms with Gasteiger partial charge in [-0.05, 0) is 46.3 Å². The summed E-state index contributed by atoms with van der Waals surface area (Å²) in [4.78, 5) is 15.4. The van der Waals surface area contributed by atoms with Crippen LogP contribution in [0.15, 0.2) is 47.1 Å². The van der Waals surface area contributed by atoms with Crippen LogP contribution in [0.2, 0.25) is 0 Å². The molecule has 5 heteroatoms. The predicted octanol–water partition coefficient (Wildman–Crippen LogP) is 2.56. The van der Waals surface area contributed by atoms with E-state index in [2.05, 4.69) is 26.2 Å². The lowest BCUT2D eigenvalue weighted by Crippen LogP contribution is -2.11. The van der Waals surface area contributed by atoms with Crippen molar-refractivity contribution in [2.75, 3.05) is 5.32 Å². The summed E-state index contributed by atoms with van der Waals surface area (Å²) in [6.07, 6.45) is 0. The van der Waals surface area contributed by atoms with Crippen molar-refractivity contribution >= 4 is 27.5 Å². The van der Waals surface area contributed by atoms with E-state index in [0.717, 1.165) is 16.0 Å². The molecule has 2 aromatic rings. The third-order valence-corrected chi connectivity index (χ3v) is 2.84. The molecule has 1 aromatic heterocycles. The zero-order chi connectivity index (χ0) is 13.0. The van der Waals surface area contributed by atoms with Gasteiger partial charge in [-0.3, -0.25) is 4.79 Å². The number of rotatable bonds is 4. The number of nitrogens with zero attached hydrogens (tertiary/aromatic N) is 1. The molecule has 92 valence electrons. The number of carbonyl (C=O) groups is 1. The van der Waals surface area contributed by atoms with Crippen molar-refractivity contribution in [2.45, 2.75) is 6.54 Å². The Bertz CT molecular complexity index is 572. The van der Waals surface area contributed by atoms with Crippen LogP contribution < -0.4 is 11.1 Å². The second-order valence-corrected chi connectivity index (χ2v) is 4.56. The fraction of sp³-hybridized carbons (Fsp3) is 0.0769. The highest BCUT2D eigenvalue weighted by atomic mass is 79.9. The minimum Gasteiger partial charge on any atom is -0.379 e. The van der Waals surface area contributed by atoms with Crippen molar-refractivity contribution in [3.05, 3.63) is 58.3 Å². The Morgan fingerprint density at radius 2 is 2.06 bits per heavy atom. The lowest BCUT2D eigenvalue weighted by molar-refractivity contribution is 0.100. The largest absolute Gasteiger partial charge is 0.379 e. The summed E-state index contributed by atoms with van der Waals surface area (Å²) in [6, 6.07) is 12.8. The van der Waals surface area contributed by atoms with Gasteiger partial charge in [0.05, 0.1) is 12.2 Å². The number of benzene rings is 1. The molecule has 0 spiro atoms. The maximum atomic E-state index is 11.0. The highest BCUT2D eigenvalue weighted by molar-refractivity contribution is 9.10. The molecule has 0 aliphatic heterocycles. The van der Waals surface area contributed by atoms with Crippen LogP contribution in [0.25, 0.3) is 0 Å². The summed E-state index contributed by atoms with van der Waals surface area (Å²) in [5, 5.41) is 3.19. The Kier molecular flexibility index (Phi) is 3.94. The number of nitrogens with one attached hydrogen (secondary N) is 1. The van der Waals surface area contributed by atoms with E-state index in [-0.39, 0.29) is 0 Å². The van der Waals surface area contributed by atoms with Gasteiger partial charge in [0.25, 0.3) is 0 Å². The molecule has 18 heavy (non-hydrogen) atoms. The molecule has 4 nitrogen and oxygen atoms in total. The highest BCUT2D eigenvalue weighted by Gasteiger charge is 2.01.